The highest BCUT2D eigenvalue weighted by Crippen LogP contribution is 2.49. The van der Waals surface area contributed by atoms with Gasteiger partial charge in [0.15, 0.2) is 6.17 Å². The number of aromatic nitrogens is 1. The van der Waals surface area contributed by atoms with E-state index in [0.717, 1.165) is 75.6 Å². The summed E-state index contributed by atoms with van der Waals surface area (Å²) >= 11 is 0. The van der Waals surface area contributed by atoms with Crippen LogP contribution in [0.15, 0.2) is 150 Å². The Morgan fingerprint density at radius 3 is 2.39 bits per heavy atom. The molecule has 338 valence electrons. The Morgan fingerprint density at radius 2 is 1.60 bits per heavy atom. The van der Waals surface area contributed by atoms with Crippen LogP contribution in [0.2, 0.25) is 0 Å². The van der Waals surface area contributed by atoms with Gasteiger partial charge >= 0.3 is 0 Å². The number of hydrogen-bond acceptors (Lipinski definition) is 3. The van der Waals surface area contributed by atoms with Gasteiger partial charge in [-0.1, -0.05) is 104 Å². The number of hydrogen-bond donors (Lipinski definition) is 0. The molecule has 2 heterocycles. The van der Waals surface area contributed by atoms with Crippen molar-refractivity contribution in [2.75, 3.05) is 9.80 Å². The summed E-state index contributed by atoms with van der Waals surface area (Å²) in [6.45, 7) is 2.32. The average Bonchev–Trinajstić information content (AvgIpc) is 3.88. The summed E-state index contributed by atoms with van der Waals surface area (Å²) in [7, 11) is 0. The quantitative estimate of drug-likeness (QED) is 0.157. The maximum atomic E-state index is 14.1. The largest absolute Gasteiger partial charge is 0.341 e. The number of benzene rings is 2. The zero-order chi connectivity index (χ0) is 45.0. The fourth-order valence-corrected chi connectivity index (χ4v) is 12.7. The second-order valence-electron chi connectivity index (χ2n) is 20.0. The lowest BCUT2D eigenvalue weighted by Crippen LogP contribution is -2.50. The Bertz CT molecular complexity index is 2990. The van der Waals surface area contributed by atoms with Gasteiger partial charge in [0, 0.05) is 70.2 Å². The van der Waals surface area contributed by atoms with E-state index in [1.54, 1.807) is 12.1 Å². The highest BCUT2D eigenvalue weighted by Gasteiger charge is 2.42. The number of alkyl halides is 1. The maximum absolute atomic E-state index is 14.1. The first kappa shape index (κ1) is 42.2. The number of rotatable bonds is 9. The first-order valence-corrected chi connectivity index (χ1v) is 25.2. The predicted molar refractivity (Wildman–Crippen MR) is 273 cm³/mol. The topological polar surface area (TPSA) is 14.7 Å². The van der Waals surface area contributed by atoms with Gasteiger partial charge in [-0.25, -0.2) is 8.78 Å². The first-order chi connectivity index (χ1) is 32.9. The molecule has 67 heavy (non-hydrogen) atoms. The van der Waals surface area contributed by atoms with Gasteiger partial charge < -0.3 is 14.4 Å². The summed E-state index contributed by atoms with van der Waals surface area (Å²) in [5.74, 6) is 6.54. The zero-order valence-electron chi connectivity index (χ0n) is 38.6. The van der Waals surface area contributed by atoms with Crippen LogP contribution in [0.25, 0.3) is 29.5 Å². The van der Waals surface area contributed by atoms with Crippen LogP contribution >= 0.6 is 0 Å². The van der Waals surface area contributed by atoms with E-state index in [1.807, 2.05) is 18.2 Å². The Balaban J connectivity index is 0.824. The summed E-state index contributed by atoms with van der Waals surface area (Å²) in [6, 6.07) is 17.7. The Morgan fingerprint density at radius 1 is 0.746 bits per heavy atom. The van der Waals surface area contributed by atoms with Crippen molar-refractivity contribution in [3.63, 3.8) is 0 Å². The molecule has 0 bridgehead atoms. The van der Waals surface area contributed by atoms with E-state index >= 15 is 0 Å². The number of halogens is 2. The molecule has 12 rings (SSSR count). The molecular weight excluding hydrogens is 827 g/mol. The highest BCUT2D eigenvalue weighted by atomic mass is 19.1. The number of fused-ring (bicyclic) bond motifs is 5. The smallest absolute Gasteiger partial charge is 0.164 e. The fraction of sp³-hybridized carbons (Fsp3) is 0.344. The summed E-state index contributed by atoms with van der Waals surface area (Å²) in [5, 5.41) is 2.57. The molecule has 0 spiro atoms. The van der Waals surface area contributed by atoms with Crippen LogP contribution in [0.5, 0.6) is 0 Å². The third kappa shape index (κ3) is 7.84. The second-order valence-corrected chi connectivity index (χ2v) is 20.0. The minimum Gasteiger partial charge on any atom is -0.341 e. The van der Waals surface area contributed by atoms with Gasteiger partial charge in [-0.15, -0.1) is 0 Å². The third-order valence-corrected chi connectivity index (χ3v) is 15.8. The summed E-state index contributed by atoms with van der Waals surface area (Å²) in [6.07, 6.45) is 49.7. The van der Waals surface area contributed by atoms with Crippen molar-refractivity contribution in [3.05, 3.63) is 183 Å². The predicted octanol–water partition coefficient (Wildman–Crippen LogP) is 12.4. The van der Waals surface area contributed by atoms with Gasteiger partial charge in [-0.3, -0.25) is 4.90 Å². The van der Waals surface area contributed by atoms with Crippen LogP contribution in [-0.4, -0.2) is 39.8 Å². The van der Waals surface area contributed by atoms with E-state index in [2.05, 4.69) is 153 Å². The normalized spacial score (nSPS) is 27.9. The Kier molecular flexibility index (Phi) is 11.2. The van der Waals surface area contributed by atoms with E-state index < -0.39 is 6.17 Å². The highest BCUT2D eigenvalue weighted by molar-refractivity contribution is 5.77. The minimum absolute atomic E-state index is 0.187. The van der Waals surface area contributed by atoms with E-state index in [-0.39, 0.29) is 23.8 Å². The Labute approximate surface area is 395 Å². The molecule has 0 saturated carbocycles. The average molecular weight is 887 g/mol. The molecule has 0 saturated heterocycles. The van der Waals surface area contributed by atoms with Crippen LogP contribution in [-0.2, 0) is 6.42 Å². The van der Waals surface area contributed by atoms with Crippen molar-refractivity contribution in [1.82, 2.24) is 9.47 Å². The van der Waals surface area contributed by atoms with Crippen LogP contribution in [0.4, 0.5) is 20.2 Å². The molecule has 7 unspecified atom stereocenters. The molecule has 6 heteroatoms. The van der Waals surface area contributed by atoms with Crippen LogP contribution in [0.1, 0.15) is 101 Å². The monoisotopic (exact) mass is 886 g/mol. The lowest BCUT2D eigenvalue weighted by Gasteiger charge is -2.42. The zero-order valence-corrected chi connectivity index (χ0v) is 38.6. The SMILES string of the molecule is CC1C=CC=C(N(C2=CC3C4=C(CCC=C4)N(c4ccc(F)cc4)C3CC2)c2ccc(C3=CCC(N(C4C=c5c6c(n(C7=CCC(F)C#C7)c5=CC4)C=CCC6)C4C=CCCC4)C=C3)cc2)C1. The van der Waals surface area contributed by atoms with Crippen molar-refractivity contribution in [1.29, 1.82) is 0 Å². The van der Waals surface area contributed by atoms with E-state index in [1.165, 1.54) is 74.2 Å². The molecule has 0 radical (unpaired) electrons. The summed E-state index contributed by atoms with van der Waals surface area (Å²) in [5.41, 5.74) is 13.9. The molecule has 0 fully saturated rings. The first-order valence-electron chi connectivity index (χ1n) is 25.2. The Hall–Kier alpha value is -6.16. The molecule has 1 aromatic heterocycles. The van der Waals surface area contributed by atoms with Crippen molar-refractivity contribution < 1.29 is 8.78 Å². The van der Waals surface area contributed by atoms with Gasteiger partial charge in [-0.05, 0) is 166 Å². The van der Waals surface area contributed by atoms with Crippen molar-refractivity contribution in [3.8, 4) is 11.8 Å². The summed E-state index contributed by atoms with van der Waals surface area (Å²) < 4.78 is 30.5. The molecule has 2 aromatic carbocycles. The molecule has 0 N–H and O–H groups in total. The molecule has 9 aliphatic rings. The standard InChI is InChI=1S/C61H60F2N4/c1-41-10-9-13-51(38-41)65(53-35-37-61-57(40-53)55-15-6-8-17-59(55)67(61)50-32-24-45(63)25-33-50)48-28-20-43(21-29-48)42-18-26-47(27-19-42)64(46-11-3-2-4-12-46)52-34-36-60-56(39-52)54-14-5-7-16-58(54)66(60)49-30-22-44(62)23-31-49/h3,6-7,9-11,13,15-16,18-21,24-26,28-30,32-33,36,39-41,44,46-47,52,57,61H,2,4-5,8,12,14,17,22,27,34-35,37-38H2,1H3. The van der Waals surface area contributed by atoms with Crippen molar-refractivity contribution in [2.45, 2.75) is 121 Å². The summed E-state index contributed by atoms with van der Waals surface area (Å²) in [4.78, 5) is 7.89. The van der Waals surface area contributed by atoms with Crippen LogP contribution in [0.3, 0.4) is 0 Å². The van der Waals surface area contributed by atoms with E-state index in [4.69, 9.17) is 0 Å². The van der Waals surface area contributed by atoms with E-state index in [9.17, 15) is 8.78 Å². The number of nitrogens with zero attached hydrogens (tertiary/aromatic N) is 4. The van der Waals surface area contributed by atoms with Gasteiger partial charge in [-0.2, -0.15) is 0 Å². The maximum Gasteiger partial charge on any atom is 0.164 e. The molecule has 7 atom stereocenters. The molecule has 8 aliphatic carbocycles. The third-order valence-electron chi connectivity index (χ3n) is 15.8. The number of anilines is 2. The molecule has 4 nitrogen and oxygen atoms in total. The van der Waals surface area contributed by atoms with Gasteiger partial charge in [0.25, 0.3) is 0 Å². The van der Waals surface area contributed by atoms with Crippen molar-refractivity contribution in [2.24, 2.45) is 11.8 Å². The van der Waals surface area contributed by atoms with Crippen LogP contribution in [0, 0.1) is 29.5 Å². The van der Waals surface area contributed by atoms with Gasteiger partial charge in [0.2, 0.25) is 0 Å². The second kappa shape index (κ2) is 17.8. The lowest BCUT2D eigenvalue weighted by molar-refractivity contribution is 0.149. The van der Waals surface area contributed by atoms with Crippen molar-refractivity contribution >= 4 is 40.9 Å². The molecule has 3 aromatic rings. The molecular formula is C61H60F2N4. The molecule has 0 amide bonds. The fourth-order valence-electron chi connectivity index (χ4n) is 12.7. The van der Waals surface area contributed by atoms with Gasteiger partial charge in [0.05, 0.1) is 16.7 Å². The lowest BCUT2D eigenvalue weighted by atomic mass is 9.83. The van der Waals surface area contributed by atoms with Gasteiger partial charge in [0.1, 0.15) is 5.82 Å². The number of allylic oxidation sites excluding steroid dienone is 14. The van der Waals surface area contributed by atoms with Crippen LogP contribution < -0.4 is 20.4 Å². The minimum atomic E-state index is -1.08. The van der Waals surface area contributed by atoms with E-state index in [0.29, 0.717) is 24.4 Å². The molecule has 1 aliphatic heterocycles.